The minimum Gasteiger partial charge on any atom is -0.375 e. The number of hydrogen-bond donors (Lipinski definition) is 0. The number of aryl methyl sites for hydroxylation is 2. The lowest BCUT2D eigenvalue weighted by Crippen LogP contribution is -2.43. The van der Waals surface area contributed by atoms with Crippen LogP contribution < -0.4 is 0 Å². The van der Waals surface area contributed by atoms with E-state index in [0.29, 0.717) is 5.78 Å². The standard InChI is InChI=1S/C19H26O2/c1-14-6-7-15(2)17(12-14)18(20)16-8-11-21-19(13-16)9-4-3-5-10-19/h6-7,12,16H,3-5,8-11,13H2,1-2H3. The van der Waals surface area contributed by atoms with E-state index in [-0.39, 0.29) is 11.5 Å². The molecule has 2 aliphatic rings. The zero-order chi connectivity index (χ0) is 14.9. The molecule has 0 N–H and O–H groups in total. The van der Waals surface area contributed by atoms with Crippen molar-refractivity contribution in [3.05, 3.63) is 34.9 Å². The first kappa shape index (κ1) is 14.8. The molecule has 1 atom stereocenters. The Morgan fingerprint density at radius 3 is 2.71 bits per heavy atom. The van der Waals surface area contributed by atoms with Crippen LogP contribution in [0, 0.1) is 19.8 Å². The second kappa shape index (κ2) is 5.92. The van der Waals surface area contributed by atoms with Crippen LogP contribution in [0.25, 0.3) is 0 Å². The van der Waals surface area contributed by atoms with Gasteiger partial charge in [-0.1, -0.05) is 37.0 Å². The van der Waals surface area contributed by atoms with E-state index in [9.17, 15) is 4.79 Å². The smallest absolute Gasteiger partial charge is 0.166 e. The van der Waals surface area contributed by atoms with Crippen LogP contribution in [0.5, 0.6) is 0 Å². The first-order chi connectivity index (χ1) is 10.1. The highest BCUT2D eigenvalue weighted by atomic mass is 16.5. The van der Waals surface area contributed by atoms with Gasteiger partial charge in [-0.3, -0.25) is 4.79 Å². The molecule has 0 bridgehead atoms. The first-order valence-corrected chi connectivity index (χ1v) is 8.35. The average Bonchev–Trinajstić information content (AvgIpc) is 2.50. The van der Waals surface area contributed by atoms with Crippen molar-refractivity contribution < 1.29 is 9.53 Å². The van der Waals surface area contributed by atoms with E-state index >= 15 is 0 Å². The van der Waals surface area contributed by atoms with Crippen molar-refractivity contribution in [3.63, 3.8) is 0 Å². The SMILES string of the molecule is Cc1ccc(C)c(C(=O)C2CCOC3(CCCCC3)C2)c1. The minimum absolute atomic E-state index is 0.00849. The molecule has 0 radical (unpaired) electrons. The molecule has 2 heteroatoms. The van der Waals surface area contributed by atoms with Crippen LogP contribution in [0.15, 0.2) is 18.2 Å². The molecule has 1 aliphatic heterocycles. The van der Waals surface area contributed by atoms with Crippen molar-refractivity contribution in [2.45, 2.75) is 64.4 Å². The summed E-state index contributed by atoms with van der Waals surface area (Å²) in [5, 5.41) is 0. The maximum atomic E-state index is 12.9. The van der Waals surface area contributed by atoms with Crippen LogP contribution in [0.1, 0.15) is 66.4 Å². The van der Waals surface area contributed by atoms with Crippen LogP contribution in [0.2, 0.25) is 0 Å². The van der Waals surface area contributed by atoms with Gasteiger partial charge in [0.05, 0.1) is 5.60 Å². The number of hydrogen-bond acceptors (Lipinski definition) is 2. The molecule has 1 heterocycles. The van der Waals surface area contributed by atoms with Crippen molar-refractivity contribution in [1.29, 1.82) is 0 Å². The zero-order valence-corrected chi connectivity index (χ0v) is 13.3. The van der Waals surface area contributed by atoms with Crippen molar-refractivity contribution in [1.82, 2.24) is 0 Å². The average molecular weight is 286 g/mol. The van der Waals surface area contributed by atoms with Crippen LogP contribution in [0.3, 0.4) is 0 Å². The number of Topliss-reactive ketones (excluding diaryl/α,β-unsaturated/α-hetero) is 1. The Bertz CT molecular complexity index is 521. The molecule has 0 amide bonds. The molecule has 2 fully saturated rings. The van der Waals surface area contributed by atoms with E-state index < -0.39 is 0 Å². The molecule has 21 heavy (non-hydrogen) atoms. The molecular weight excluding hydrogens is 260 g/mol. The summed E-state index contributed by atoms with van der Waals surface area (Å²) in [5.41, 5.74) is 3.21. The Hall–Kier alpha value is -1.15. The van der Waals surface area contributed by atoms with Crippen molar-refractivity contribution in [2.75, 3.05) is 6.61 Å². The van der Waals surface area contributed by atoms with Gasteiger partial charge >= 0.3 is 0 Å². The molecule has 114 valence electrons. The summed E-state index contributed by atoms with van der Waals surface area (Å²) >= 11 is 0. The molecule has 1 spiro atoms. The predicted octanol–water partition coefficient (Wildman–Crippen LogP) is 4.62. The Morgan fingerprint density at radius 2 is 1.95 bits per heavy atom. The summed E-state index contributed by atoms with van der Waals surface area (Å²) in [4.78, 5) is 12.9. The molecule has 1 unspecified atom stereocenters. The predicted molar refractivity (Wildman–Crippen MR) is 84.7 cm³/mol. The molecule has 1 aromatic carbocycles. The summed E-state index contributed by atoms with van der Waals surface area (Å²) in [6.45, 7) is 4.85. The monoisotopic (exact) mass is 286 g/mol. The van der Waals surface area contributed by atoms with E-state index in [0.717, 1.165) is 43.4 Å². The second-order valence-corrected chi connectivity index (χ2v) is 6.96. The largest absolute Gasteiger partial charge is 0.375 e. The summed E-state index contributed by atoms with van der Waals surface area (Å²) < 4.78 is 6.12. The van der Waals surface area contributed by atoms with Crippen molar-refractivity contribution >= 4 is 5.78 Å². The quantitative estimate of drug-likeness (QED) is 0.742. The van der Waals surface area contributed by atoms with Crippen LogP contribution >= 0.6 is 0 Å². The van der Waals surface area contributed by atoms with Gasteiger partial charge in [-0.2, -0.15) is 0 Å². The van der Waals surface area contributed by atoms with Crippen molar-refractivity contribution in [2.24, 2.45) is 5.92 Å². The van der Waals surface area contributed by atoms with Gasteiger partial charge in [-0.05, 0) is 51.2 Å². The number of ether oxygens (including phenoxy) is 1. The maximum Gasteiger partial charge on any atom is 0.166 e. The fourth-order valence-electron chi connectivity index (χ4n) is 4.02. The molecule has 1 aliphatic carbocycles. The van der Waals surface area contributed by atoms with Gasteiger partial charge in [0, 0.05) is 18.1 Å². The van der Waals surface area contributed by atoms with Gasteiger partial charge < -0.3 is 4.74 Å². The maximum absolute atomic E-state index is 12.9. The number of benzene rings is 1. The number of rotatable bonds is 2. The van der Waals surface area contributed by atoms with E-state index in [1.165, 1.54) is 24.8 Å². The molecule has 1 saturated heterocycles. The normalized spacial score (nSPS) is 25.0. The van der Waals surface area contributed by atoms with E-state index in [1.54, 1.807) is 0 Å². The number of carbonyl (C=O) groups is 1. The molecule has 2 nitrogen and oxygen atoms in total. The fourth-order valence-corrected chi connectivity index (χ4v) is 4.02. The van der Waals surface area contributed by atoms with E-state index in [2.05, 4.69) is 25.1 Å². The van der Waals surface area contributed by atoms with Gasteiger partial charge in [0.25, 0.3) is 0 Å². The zero-order valence-electron chi connectivity index (χ0n) is 13.3. The minimum atomic E-state index is 0.00849. The Labute approximate surface area is 127 Å². The van der Waals surface area contributed by atoms with Crippen molar-refractivity contribution in [3.8, 4) is 0 Å². The lowest BCUT2D eigenvalue weighted by atomic mass is 9.74. The molecule has 3 rings (SSSR count). The Balaban J connectivity index is 1.79. The number of carbonyl (C=O) groups excluding carboxylic acids is 1. The second-order valence-electron chi connectivity index (χ2n) is 6.96. The van der Waals surface area contributed by atoms with Crippen LogP contribution in [-0.4, -0.2) is 18.0 Å². The van der Waals surface area contributed by atoms with E-state index in [1.807, 2.05) is 6.92 Å². The van der Waals surface area contributed by atoms with E-state index in [4.69, 9.17) is 4.74 Å². The highest BCUT2D eigenvalue weighted by molar-refractivity contribution is 5.99. The summed E-state index contributed by atoms with van der Waals surface area (Å²) in [5.74, 6) is 0.488. The van der Waals surface area contributed by atoms with Gasteiger partial charge in [0.2, 0.25) is 0 Å². The van der Waals surface area contributed by atoms with Crippen LogP contribution in [0.4, 0.5) is 0 Å². The van der Waals surface area contributed by atoms with Gasteiger partial charge in [-0.25, -0.2) is 0 Å². The fraction of sp³-hybridized carbons (Fsp3) is 0.632. The Kier molecular flexibility index (Phi) is 4.17. The van der Waals surface area contributed by atoms with Crippen LogP contribution in [-0.2, 0) is 4.74 Å². The molecular formula is C19H26O2. The lowest BCUT2D eigenvalue weighted by Gasteiger charge is -2.43. The molecule has 1 aromatic rings. The molecule has 0 aromatic heterocycles. The summed E-state index contributed by atoms with van der Waals surface area (Å²) in [6.07, 6.45) is 7.93. The third-order valence-electron chi connectivity index (χ3n) is 5.29. The van der Waals surface area contributed by atoms with Gasteiger partial charge in [0.15, 0.2) is 5.78 Å². The van der Waals surface area contributed by atoms with Gasteiger partial charge in [-0.15, -0.1) is 0 Å². The van der Waals surface area contributed by atoms with Gasteiger partial charge in [0.1, 0.15) is 0 Å². The third kappa shape index (κ3) is 3.06. The molecule has 1 saturated carbocycles. The first-order valence-electron chi connectivity index (χ1n) is 8.35. The third-order valence-corrected chi connectivity index (χ3v) is 5.29. The summed E-state index contributed by atoms with van der Waals surface area (Å²) in [6, 6.07) is 6.21. The lowest BCUT2D eigenvalue weighted by molar-refractivity contribution is -0.111. The highest BCUT2D eigenvalue weighted by Crippen LogP contribution is 2.41. The Morgan fingerprint density at radius 1 is 1.19 bits per heavy atom. The highest BCUT2D eigenvalue weighted by Gasteiger charge is 2.40. The topological polar surface area (TPSA) is 26.3 Å². The number of ketones is 1. The summed E-state index contributed by atoms with van der Waals surface area (Å²) in [7, 11) is 0.